The summed E-state index contributed by atoms with van der Waals surface area (Å²) in [5, 5.41) is 3.46. The van der Waals surface area contributed by atoms with Gasteiger partial charge in [-0.2, -0.15) is 0 Å². The van der Waals surface area contributed by atoms with E-state index in [1.807, 2.05) is 0 Å². The molecule has 2 aliphatic heterocycles. The molecule has 1 fully saturated rings. The highest BCUT2D eigenvalue weighted by Crippen LogP contribution is 2.42. The number of fused-ring (bicyclic) bond motifs is 1. The molecule has 3 aromatic rings. The number of rotatable bonds is 8. The van der Waals surface area contributed by atoms with Crippen molar-refractivity contribution >= 4 is 0 Å². The van der Waals surface area contributed by atoms with Crippen LogP contribution in [0.15, 0.2) is 54.6 Å². The van der Waals surface area contributed by atoms with Crippen molar-refractivity contribution in [3.05, 3.63) is 71.3 Å². The molecule has 184 valence electrons. The summed E-state index contributed by atoms with van der Waals surface area (Å²) in [6.45, 7) is 11.8. The van der Waals surface area contributed by atoms with Crippen LogP contribution in [0.3, 0.4) is 0 Å². The molecule has 4 nitrogen and oxygen atoms in total. The van der Waals surface area contributed by atoms with E-state index in [1.54, 1.807) is 7.11 Å². The van der Waals surface area contributed by atoms with Gasteiger partial charge in [-0.25, -0.2) is 0 Å². The van der Waals surface area contributed by atoms with E-state index in [0.29, 0.717) is 5.54 Å². The topological polar surface area (TPSA) is 33.7 Å². The smallest absolute Gasteiger partial charge is 0.134 e. The second-order valence-corrected chi connectivity index (χ2v) is 10.5. The number of methoxy groups -OCH3 is 1. The lowest BCUT2D eigenvalue weighted by Crippen LogP contribution is -2.55. The van der Waals surface area contributed by atoms with E-state index >= 15 is 0 Å². The van der Waals surface area contributed by atoms with Gasteiger partial charge in [0.2, 0.25) is 0 Å². The van der Waals surface area contributed by atoms with Gasteiger partial charge in [0.25, 0.3) is 0 Å². The number of hydrogen-bond acceptors (Lipinski definition) is 4. The fourth-order valence-corrected chi connectivity index (χ4v) is 5.47. The fourth-order valence-electron chi connectivity index (χ4n) is 5.47. The number of benzene rings is 3. The molecular weight excluding hydrogens is 432 g/mol. The Morgan fingerprint density at radius 1 is 0.971 bits per heavy atom. The average molecular weight is 471 g/mol. The van der Waals surface area contributed by atoms with Gasteiger partial charge in [-0.15, -0.1) is 0 Å². The second kappa shape index (κ2) is 10.0. The molecule has 5 rings (SSSR count). The van der Waals surface area contributed by atoms with Crippen molar-refractivity contribution in [2.45, 2.75) is 52.1 Å². The minimum absolute atomic E-state index is 0.354. The van der Waals surface area contributed by atoms with Gasteiger partial charge in [0.1, 0.15) is 11.5 Å². The van der Waals surface area contributed by atoms with E-state index in [4.69, 9.17) is 9.47 Å². The molecule has 4 heteroatoms. The van der Waals surface area contributed by atoms with Crippen LogP contribution in [-0.2, 0) is 13.0 Å². The molecule has 0 bridgehead atoms. The zero-order valence-corrected chi connectivity index (χ0v) is 21.6. The van der Waals surface area contributed by atoms with E-state index in [9.17, 15) is 0 Å². The predicted octanol–water partition coefficient (Wildman–Crippen LogP) is 6.24. The molecule has 1 N–H and O–H groups in total. The Bertz CT molecular complexity index is 1200. The molecule has 1 saturated heterocycles. The summed E-state index contributed by atoms with van der Waals surface area (Å²) >= 11 is 0. The average Bonchev–Trinajstić information content (AvgIpc) is 2.88. The highest BCUT2D eigenvalue weighted by Gasteiger charge is 2.34. The third-order valence-corrected chi connectivity index (χ3v) is 7.88. The third-order valence-electron chi connectivity index (χ3n) is 7.88. The molecule has 0 unspecified atom stereocenters. The summed E-state index contributed by atoms with van der Waals surface area (Å²) < 4.78 is 12.3. The van der Waals surface area contributed by atoms with Crippen molar-refractivity contribution in [1.82, 2.24) is 10.2 Å². The summed E-state index contributed by atoms with van der Waals surface area (Å²) in [5.41, 5.74) is 8.95. The maximum atomic E-state index is 6.26. The minimum atomic E-state index is 0.354. The summed E-state index contributed by atoms with van der Waals surface area (Å²) in [6, 6.07) is 19.6. The fraction of sp³-hybridized carbons (Fsp3) is 0.419. The number of nitrogens with zero attached hydrogens (tertiary/aromatic N) is 1. The van der Waals surface area contributed by atoms with Gasteiger partial charge in [0.15, 0.2) is 0 Å². The van der Waals surface area contributed by atoms with Crippen LogP contribution in [0.5, 0.6) is 11.5 Å². The second-order valence-electron chi connectivity index (χ2n) is 10.5. The maximum absolute atomic E-state index is 6.26. The van der Waals surface area contributed by atoms with Gasteiger partial charge in [0.05, 0.1) is 13.7 Å². The SMILES string of the molecule is COc1c(-c2ccc3c(c2)CCNC3)cccc1-c1cccc(OCCCN2CCC2(C)C)c1C. The van der Waals surface area contributed by atoms with Gasteiger partial charge >= 0.3 is 0 Å². The Hall–Kier alpha value is -2.82. The summed E-state index contributed by atoms with van der Waals surface area (Å²) in [4.78, 5) is 2.55. The Morgan fingerprint density at radius 3 is 2.54 bits per heavy atom. The number of ether oxygens (including phenoxy) is 2. The summed E-state index contributed by atoms with van der Waals surface area (Å²) in [6.07, 6.45) is 3.40. The highest BCUT2D eigenvalue weighted by molar-refractivity contribution is 5.84. The quantitative estimate of drug-likeness (QED) is 0.395. The van der Waals surface area contributed by atoms with Crippen LogP contribution in [0.4, 0.5) is 0 Å². The van der Waals surface area contributed by atoms with Crippen LogP contribution in [-0.4, -0.2) is 43.8 Å². The first kappa shape index (κ1) is 23.9. The van der Waals surface area contributed by atoms with Crippen LogP contribution in [0.1, 0.15) is 43.4 Å². The Labute approximate surface area is 210 Å². The molecule has 35 heavy (non-hydrogen) atoms. The summed E-state index contributed by atoms with van der Waals surface area (Å²) in [5.74, 6) is 1.88. The van der Waals surface area contributed by atoms with Crippen LogP contribution < -0.4 is 14.8 Å². The van der Waals surface area contributed by atoms with Crippen molar-refractivity contribution in [2.24, 2.45) is 0 Å². The van der Waals surface area contributed by atoms with Crippen LogP contribution in [0, 0.1) is 6.92 Å². The Morgan fingerprint density at radius 2 is 1.77 bits per heavy atom. The molecule has 0 amide bonds. The minimum Gasteiger partial charge on any atom is -0.495 e. The summed E-state index contributed by atoms with van der Waals surface area (Å²) in [7, 11) is 1.78. The van der Waals surface area contributed by atoms with Gasteiger partial charge in [-0.3, -0.25) is 4.90 Å². The van der Waals surface area contributed by atoms with Crippen molar-refractivity contribution in [1.29, 1.82) is 0 Å². The highest BCUT2D eigenvalue weighted by atomic mass is 16.5. The Balaban J connectivity index is 1.38. The molecule has 0 atom stereocenters. The monoisotopic (exact) mass is 470 g/mol. The molecule has 0 aliphatic carbocycles. The molecule has 3 aromatic carbocycles. The normalized spacial score (nSPS) is 16.9. The van der Waals surface area contributed by atoms with Crippen molar-refractivity contribution < 1.29 is 9.47 Å². The first-order chi connectivity index (χ1) is 17.0. The molecule has 2 aliphatic rings. The van der Waals surface area contributed by atoms with Crippen LogP contribution in [0.25, 0.3) is 22.3 Å². The van der Waals surface area contributed by atoms with Crippen LogP contribution in [0.2, 0.25) is 0 Å². The number of para-hydroxylation sites is 1. The maximum Gasteiger partial charge on any atom is 0.134 e. The van der Waals surface area contributed by atoms with Gasteiger partial charge in [0, 0.05) is 36.3 Å². The first-order valence-electron chi connectivity index (χ1n) is 13.0. The molecule has 2 heterocycles. The van der Waals surface area contributed by atoms with Crippen molar-refractivity contribution in [3.63, 3.8) is 0 Å². The van der Waals surface area contributed by atoms with Crippen LogP contribution >= 0.6 is 0 Å². The van der Waals surface area contributed by atoms with E-state index < -0.39 is 0 Å². The molecular formula is C31H38N2O2. The molecule has 0 radical (unpaired) electrons. The molecule has 0 saturated carbocycles. The lowest BCUT2D eigenvalue weighted by molar-refractivity contribution is 0.0123. The lowest BCUT2D eigenvalue weighted by atomic mass is 9.89. The first-order valence-corrected chi connectivity index (χ1v) is 13.0. The lowest BCUT2D eigenvalue weighted by Gasteiger charge is -2.48. The van der Waals surface area contributed by atoms with Crippen molar-refractivity contribution in [3.8, 4) is 33.8 Å². The third kappa shape index (κ3) is 4.82. The molecule has 0 aromatic heterocycles. The van der Waals surface area contributed by atoms with Gasteiger partial charge in [-0.1, -0.05) is 48.5 Å². The zero-order valence-electron chi connectivity index (χ0n) is 21.6. The number of nitrogens with one attached hydrogen (secondary N) is 1. The number of likely N-dealkylation sites (tertiary alicyclic amines) is 1. The molecule has 0 spiro atoms. The van der Waals surface area contributed by atoms with E-state index in [0.717, 1.165) is 72.8 Å². The van der Waals surface area contributed by atoms with Crippen molar-refractivity contribution in [2.75, 3.05) is 33.4 Å². The van der Waals surface area contributed by atoms with Gasteiger partial charge in [-0.05, 0) is 80.5 Å². The number of hydrogen-bond donors (Lipinski definition) is 1. The Kier molecular flexibility index (Phi) is 6.86. The predicted molar refractivity (Wildman–Crippen MR) is 144 cm³/mol. The largest absolute Gasteiger partial charge is 0.495 e. The van der Waals surface area contributed by atoms with Gasteiger partial charge < -0.3 is 14.8 Å². The van der Waals surface area contributed by atoms with E-state index in [1.165, 1.54) is 29.7 Å². The standard InChI is InChI=1S/C31H38N2O2/c1-22-26(8-6-11-29(22)35-19-7-17-33-18-15-31(33,2)3)28-10-5-9-27(30(28)34-4)24-12-13-25-21-32-16-14-23(25)20-24/h5-6,8-13,20,32H,7,14-19,21H2,1-4H3. The van der Waals surface area contributed by atoms with E-state index in [-0.39, 0.29) is 0 Å². The van der Waals surface area contributed by atoms with E-state index in [2.05, 4.69) is 85.6 Å². The zero-order chi connectivity index (χ0) is 24.4.